The van der Waals surface area contributed by atoms with Gasteiger partial charge in [-0.05, 0) is 18.6 Å². The molecule has 0 aliphatic heterocycles. The lowest BCUT2D eigenvalue weighted by Crippen LogP contribution is -2.29. The van der Waals surface area contributed by atoms with Crippen molar-refractivity contribution in [3.63, 3.8) is 0 Å². The first-order chi connectivity index (χ1) is 9.20. The number of fused-ring (bicyclic) bond motifs is 1. The first kappa shape index (κ1) is 13.8. The second-order valence-corrected chi connectivity index (χ2v) is 5.56. The standard InChI is InChI=1S/C11H11N3O3S2/c15-10(16)8(5-6-18-14-17)13-11-12-7-3-1-2-4-9(7)19-11/h1-4,8H,5-6H2,(H,12,13)(H,15,16)/t8-/m1/s1. The van der Waals surface area contributed by atoms with Crippen molar-refractivity contribution < 1.29 is 9.90 Å². The Hall–Kier alpha value is -1.67. The molecule has 0 spiro atoms. The fourth-order valence-corrected chi connectivity index (χ4v) is 2.88. The summed E-state index contributed by atoms with van der Waals surface area (Å²) in [4.78, 5) is 25.4. The van der Waals surface area contributed by atoms with Crippen molar-refractivity contribution in [1.82, 2.24) is 4.98 Å². The molecule has 0 radical (unpaired) electrons. The van der Waals surface area contributed by atoms with Crippen LogP contribution in [0.1, 0.15) is 6.42 Å². The third kappa shape index (κ3) is 3.65. The van der Waals surface area contributed by atoms with E-state index in [1.54, 1.807) is 0 Å². The Morgan fingerprint density at radius 3 is 3.00 bits per heavy atom. The van der Waals surface area contributed by atoms with Crippen molar-refractivity contribution in [2.45, 2.75) is 12.5 Å². The van der Waals surface area contributed by atoms with Crippen molar-refractivity contribution >= 4 is 44.6 Å². The summed E-state index contributed by atoms with van der Waals surface area (Å²) in [6, 6.07) is 6.83. The highest BCUT2D eigenvalue weighted by Gasteiger charge is 2.18. The van der Waals surface area contributed by atoms with E-state index in [4.69, 9.17) is 5.11 Å². The molecule has 1 aromatic carbocycles. The predicted molar refractivity (Wildman–Crippen MR) is 77.5 cm³/mol. The van der Waals surface area contributed by atoms with E-state index in [1.165, 1.54) is 11.3 Å². The zero-order chi connectivity index (χ0) is 13.7. The predicted octanol–water partition coefficient (Wildman–Crippen LogP) is 2.97. The number of anilines is 1. The molecule has 0 unspecified atom stereocenters. The lowest BCUT2D eigenvalue weighted by atomic mass is 10.2. The number of aromatic nitrogens is 1. The van der Waals surface area contributed by atoms with E-state index in [-0.39, 0.29) is 0 Å². The fraction of sp³-hybridized carbons (Fsp3) is 0.273. The van der Waals surface area contributed by atoms with E-state index in [0.717, 1.165) is 22.2 Å². The van der Waals surface area contributed by atoms with Crippen molar-refractivity contribution in [2.75, 3.05) is 11.1 Å². The van der Waals surface area contributed by atoms with Crippen LogP contribution in [0.25, 0.3) is 10.2 Å². The van der Waals surface area contributed by atoms with Gasteiger partial charge in [0.2, 0.25) is 0 Å². The molecule has 19 heavy (non-hydrogen) atoms. The SMILES string of the molecule is O=NSCC[C@@H](Nc1nc2ccccc2s1)C(=O)O. The highest BCUT2D eigenvalue weighted by atomic mass is 32.2. The van der Waals surface area contributed by atoms with Crippen molar-refractivity contribution in [3.05, 3.63) is 29.2 Å². The maximum atomic E-state index is 11.1. The average Bonchev–Trinajstić information content (AvgIpc) is 2.80. The number of para-hydroxylation sites is 1. The zero-order valence-electron chi connectivity index (χ0n) is 9.78. The zero-order valence-corrected chi connectivity index (χ0v) is 11.4. The largest absolute Gasteiger partial charge is 0.480 e. The number of hydrogen-bond acceptors (Lipinski definition) is 7. The molecule has 2 aromatic rings. The van der Waals surface area contributed by atoms with Crippen molar-refractivity contribution in [3.8, 4) is 0 Å². The van der Waals surface area contributed by atoms with E-state index in [0.29, 0.717) is 17.3 Å². The molecule has 100 valence electrons. The molecule has 1 aromatic heterocycles. The molecule has 1 heterocycles. The summed E-state index contributed by atoms with van der Waals surface area (Å²) >= 11 is 2.22. The Morgan fingerprint density at radius 2 is 2.32 bits per heavy atom. The van der Waals surface area contributed by atoms with Gasteiger partial charge in [-0.2, -0.15) is 0 Å². The van der Waals surface area contributed by atoms with Crippen LogP contribution in [0.15, 0.2) is 28.8 Å². The molecular weight excluding hydrogens is 286 g/mol. The van der Waals surface area contributed by atoms with Gasteiger partial charge in [-0.3, -0.25) is 0 Å². The summed E-state index contributed by atoms with van der Waals surface area (Å²) in [5.74, 6) is -0.607. The molecule has 0 fully saturated rings. The minimum Gasteiger partial charge on any atom is -0.480 e. The molecule has 6 nitrogen and oxygen atoms in total. The van der Waals surface area contributed by atoms with Crippen LogP contribution >= 0.6 is 23.3 Å². The Kier molecular flexibility index (Phi) is 4.69. The lowest BCUT2D eigenvalue weighted by Gasteiger charge is -2.11. The van der Waals surface area contributed by atoms with E-state index in [1.807, 2.05) is 24.3 Å². The monoisotopic (exact) mass is 297 g/mol. The van der Waals surface area contributed by atoms with Gasteiger partial charge in [-0.25, -0.2) is 9.78 Å². The van der Waals surface area contributed by atoms with Gasteiger partial charge < -0.3 is 10.4 Å². The summed E-state index contributed by atoms with van der Waals surface area (Å²) < 4.78 is 3.64. The second kappa shape index (κ2) is 6.48. The van der Waals surface area contributed by atoms with Gasteiger partial charge >= 0.3 is 5.97 Å². The van der Waals surface area contributed by atoms with Gasteiger partial charge in [-0.1, -0.05) is 23.5 Å². The molecule has 0 saturated carbocycles. The van der Waals surface area contributed by atoms with Crippen LogP contribution in [0, 0.1) is 4.91 Å². The number of aliphatic carboxylic acids is 1. The topological polar surface area (TPSA) is 91.7 Å². The highest BCUT2D eigenvalue weighted by Crippen LogP contribution is 2.26. The maximum Gasteiger partial charge on any atom is 0.326 e. The molecule has 0 amide bonds. The molecule has 0 aliphatic rings. The van der Waals surface area contributed by atoms with Crippen LogP contribution in [0.3, 0.4) is 0 Å². The number of nitrogens with zero attached hydrogens (tertiary/aromatic N) is 2. The maximum absolute atomic E-state index is 11.1. The molecule has 1 atom stereocenters. The van der Waals surface area contributed by atoms with E-state index in [9.17, 15) is 9.70 Å². The summed E-state index contributed by atoms with van der Waals surface area (Å²) in [6.45, 7) is 0. The molecule has 0 saturated heterocycles. The number of nitrogens with one attached hydrogen (secondary N) is 1. The highest BCUT2D eigenvalue weighted by molar-refractivity contribution is 7.97. The van der Waals surface area contributed by atoms with Crippen molar-refractivity contribution in [1.29, 1.82) is 0 Å². The smallest absolute Gasteiger partial charge is 0.326 e. The number of rotatable bonds is 7. The molecule has 0 bridgehead atoms. The molecule has 2 rings (SSSR count). The van der Waals surface area contributed by atoms with Gasteiger partial charge in [0.15, 0.2) is 5.13 Å². The number of carboxylic acid groups (broad SMARTS) is 1. The van der Waals surface area contributed by atoms with Crippen LogP contribution in [-0.4, -0.2) is 27.9 Å². The number of carboxylic acids is 1. The minimum absolute atomic E-state index is 0.307. The summed E-state index contributed by atoms with van der Waals surface area (Å²) in [7, 11) is 0. The van der Waals surface area contributed by atoms with Gasteiger partial charge in [0.05, 0.1) is 10.2 Å². The number of thiazole rings is 1. The van der Waals surface area contributed by atoms with Crippen LogP contribution < -0.4 is 5.32 Å². The Bertz CT molecular complexity index is 554. The van der Waals surface area contributed by atoms with Crippen LogP contribution in [0.2, 0.25) is 0 Å². The molecule has 8 heteroatoms. The molecule has 2 N–H and O–H groups in total. The van der Waals surface area contributed by atoms with E-state index >= 15 is 0 Å². The first-order valence-corrected chi connectivity index (χ1v) is 7.26. The number of nitroso groups, excluding NO2 is 1. The van der Waals surface area contributed by atoms with E-state index in [2.05, 4.69) is 14.9 Å². The van der Waals surface area contributed by atoms with Gasteiger partial charge in [0, 0.05) is 22.3 Å². The summed E-state index contributed by atoms with van der Waals surface area (Å²) in [5, 5.41) is 12.6. The van der Waals surface area contributed by atoms with Crippen LogP contribution in [-0.2, 0) is 4.79 Å². The fourth-order valence-electron chi connectivity index (χ4n) is 1.55. The van der Waals surface area contributed by atoms with Gasteiger partial charge in [0.25, 0.3) is 0 Å². The number of carbonyl (C=O) groups is 1. The van der Waals surface area contributed by atoms with Crippen LogP contribution in [0.4, 0.5) is 5.13 Å². The van der Waals surface area contributed by atoms with Crippen molar-refractivity contribution in [2.24, 2.45) is 4.58 Å². The minimum atomic E-state index is -0.967. The summed E-state index contributed by atoms with van der Waals surface area (Å²) in [5.41, 5.74) is 0.836. The Labute approximate surface area is 117 Å². The van der Waals surface area contributed by atoms with Crippen LogP contribution in [0.5, 0.6) is 0 Å². The lowest BCUT2D eigenvalue weighted by molar-refractivity contribution is -0.137. The normalized spacial score (nSPS) is 12.2. The Morgan fingerprint density at radius 1 is 1.53 bits per heavy atom. The second-order valence-electron chi connectivity index (χ2n) is 3.72. The third-order valence-electron chi connectivity index (χ3n) is 2.44. The summed E-state index contributed by atoms with van der Waals surface area (Å²) in [6.07, 6.45) is 0.307. The van der Waals surface area contributed by atoms with E-state index < -0.39 is 12.0 Å². The Balaban J connectivity index is 2.07. The van der Waals surface area contributed by atoms with Gasteiger partial charge in [-0.15, -0.1) is 4.91 Å². The number of benzene rings is 1. The third-order valence-corrected chi connectivity index (χ3v) is 3.93. The quantitative estimate of drug-likeness (QED) is 0.464. The molecular formula is C11H11N3O3S2. The molecule has 0 aliphatic carbocycles. The first-order valence-electron chi connectivity index (χ1n) is 5.50. The van der Waals surface area contributed by atoms with Gasteiger partial charge in [0.1, 0.15) is 6.04 Å². The number of hydrogen-bond donors (Lipinski definition) is 2. The average molecular weight is 297 g/mol.